The average molecular weight is 347 g/mol. The largest absolute Gasteiger partial charge is 0.358 e. The number of carbonyl (C=O) groups excluding carboxylic acids is 1. The number of benzene rings is 1. The maximum atomic E-state index is 13.6. The number of carbonyl (C=O) groups is 1. The molecule has 0 unspecified atom stereocenters. The molecule has 1 N–H and O–H groups in total. The molecule has 0 spiro atoms. The molecule has 1 amide bonds. The van der Waals surface area contributed by atoms with E-state index in [0.717, 1.165) is 30.3 Å². The molecule has 1 atom stereocenters. The number of amides is 1. The first-order valence-corrected chi connectivity index (χ1v) is 8.35. The summed E-state index contributed by atoms with van der Waals surface area (Å²) in [5.41, 5.74) is 0.129. The Morgan fingerprint density at radius 3 is 2.76 bits per heavy atom. The molecule has 7 heteroatoms. The molecule has 1 heterocycles. The van der Waals surface area contributed by atoms with Gasteiger partial charge < -0.3 is 10.2 Å². The lowest BCUT2D eigenvalue weighted by Crippen LogP contribution is -2.29. The molecule has 1 aromatic carbocycles. The fraction of sp³-hybridized carbons (Fsp3) is 0.429. The number of thiocarbonyl (C=S) groups is 1. The van der Waals surface area contributed by atoms with Gasteiger partial charge in [0, 0.05) is 18.1 Å². The fourth-order valence-electron chi connectivity index (χ4n) is 2.00. The number of rotatable bonds is 3. The van der Waals surface area contributed by atoms with Gasteiger partial charge in [-0.15, -0.1) is 0 Å². The van der Waals surface area contributed by atoms with Gasteiger partial charge in [0.25, 0.3) is 0 Å². The molecule has 0 radical (unpaired) electrons. The number of hydrogen-bond acceptors (Lipinski definition) is 3. The molecule has 1 aliphatic rings. The SMILES string of the molecule is C[C@@H](SC(=S)N1CCCC1)C(=O)Nc1ccc(Cl)cc1F. The van der Waals surface area contributed by atoms with E-state index in [0.29, 0.717) is 5.02 Å². The highest BCUT2D eigenvalue weighted by Crippen LogP contribution is 2.23. The lowest BCUT2D eigenvalue weighted by Gasteiger charge is -2.20. The molecule has 0 aromatic heterocycles. The Hall–Kier alpha value is -0.850. The van der Waals surface area contributed by atoms with Crippen LogP contribution in [0, 0.1) is 5.82 Å². The summed E-state index contributed by atoms with van der Waals surface area (Å²) in [6.07, 6.45) is 2.27. The zero-order valence-electron chi connectivity index (χ0n) is 11.6. The summed E-state index contributed by atoms with van der Waals surface area (Å²) in [4.78, 5) is 14.2. The predicted octanol–water partition coefficient (Wildman–Crippen LogP) is 3.92. The second-order valence-electron chi connectivity index (χ2n) is 4.83. The van der Waals surface area contributed by atoms with E-state index < -0.39 is 5.82 Å². The molecule has 0 aliphatic carbocycles. The van der Waals surface area contributed by atoms with Crippen molar-refractivity contribution >= 4 is 51.5 Å². The number of likely N-dealkylation sites (tertiary alicyclic amines) is 1. The van der Waals surface area contributed by atoms with Gasteiger partial charge in [-0.2, -0.15) is 0 Å². The first kappa shape index (κ1) is 16.5. The van der Waals surface area contributed by atoms with Crippen LogP contribution >= 0.6 is 35.6 Å². The lowest BCUT2D eigenvalue weighted by atomic mass is 10.3. The summed E-state index contributed by atoms with van der Waals surface area (Å²) < 4.78 is 14.4. The van der Waals surface area contributed by atoms with Gasteiger partial charge in [-0.05, 0) is 38.0 Å². The van der Waals surface area contributed by atoms with Gasteiger partial charge in [-0.1, -0.05) is 35.6 Å². The fourth-order valence-corrected chi connectivity index (χ4v) is 3.58. The third kappa shape index (κ3) is 4.56. The van der Waals surface area contributed by atoms with Crippen molar-refractivity contribution in [3.8, 4) is 0 Å². The summed E-state index contributed by atoms with van der Waals surface area (Å²) in [5, 5.41) is 2.47. The molecule has 3 nitrogen and oxygen atoms in total. The van der Waals surface area contributed by atoms with E-state index >= 15 is 0 Å². The first-order chi connectivity index (χ1) is 9.97. The van der Waals surface area contributed by atoms with Crippen LogP contribution in [0.1, 0.15) is 19.8 Å². The van der Waals surface area contributed by atoms with Crippen LogP contribution in [0.5, 0.6) is 0 Å². The van der Waals surface area contributed by atoms with Crippen LogP contribution in [-0.4, -0.2) is 33.5 Å². The lowest BCUT2D eigenvalue weighted by molar-refractivity contribution is -0.115. The molecule has 0 saturated carbocycles. The molecule has 114 valence electrons. The normalized spacial score (nSPS) is 15.9. The minimum absolute atomic E-state index is 0.129. The van der Waals surface area contributed by atoms with Gasteiger partial charge in [0.05, 0.1) is 10.9 Å². The number of hydrogen-bond donors (Lipinski definition) is 1. The van der Waals surface area contributed by atoms with Gasteiger partial charge in [-0.25, -0.2) is 4.39 Å². The first-order valence-electron chi connectivity index (χ1n) is 6.69. The number of anilines is 1. The molecule has 1 saturated heterocycles. The van der Waals surface area contributed by atoms with Crippen LogP contribution in [0.15, 0.2) is 18.2 Å². The zero-order valence-corrected chi connectivity index (χ0v) is 14.0. The van der Waals surface area contributed by atoms with E-state index in [1.165, 1.54) is 30.0 Å². The van der Waals surface area contributed by atoms with Crippen molar-refractivity contribution in [2.24, 2.45) is 0 Å². The molecule has 21 heavy (non-hydrogen) atoms. The monoisotopic (exact) mass is 346 g/mol. The summed E-state index contributed by atoms with van der Waals surface area (Å²) in [6, 6.07) is 4.16. The highest BCUT2D eigenvalue weighted by Gasteiger charge is 2.22. The Bertz CT molecular complexity index is 550. The highest BCUT2D eigenvalue weighted by atomic mass is 35.5. The van der Waals surface area contributed by atoms with Crippen molar-refractivity contribution in [1.82, 2.24) is 4.90 Å². The molecule has 1 aliphatic heterocycles. The smallest absolute Gasteiger partial charge is 0.237 e. The molecular weight excluding hydrogens is 331 g/mol. The van der Waals surface area contributed by atoms with Crippen molar-refractivity contribution in [2.45, 2.75) is 25.0 Å². The van der Waals surface area contributed by atoms with Crippen LogP contribution in [0.25, 0.3) is 0 Å². The van der Waals surface area contributed by atoms with E-state index in [-0.39, 0.29) is 16.8 Å². The summed E-state index contributed by atoms with van der Waals surface area (Å²) >= 11 is 12.3. The molecule has 0 bridgehead atoms. The second-order valence-corrected chi connectivity index (χ2v) is 7.24. The van der Waals surface area contributed by atoms with Crippen molar-refractivity contribution in [2.75, 3.05) is 18.4 Å². The van der Waals surface area contributed by atoms with Crippen LogP contribution in [0.2, 0.25) is 5.02 Å². The van der Waals surface area contributed by atoms with E-state index in [2.05, 4.69) is 10.2 Å². The standard InChI is InChI=1S/C14H16ClFN2OS2/c1-9(21-14(20)18-6-2-3-7-18)13(19)17-12-5-4-10(15)8-11(12)16/h4-5,8-9H,2-3,6-7H2,1H3,(H,17,19)/t9-/m1/s1. The van der Waals surface area contributed by atoms with Crippen LogP contribution in [-0.2, 0) is 4.79 Å². The summed E-state index contributed by atoms with van der Waals surface area (Å²) in [6.45, 7) is 3.66. The average Bonchev–Trinajstić information content (AvgIpc) is 2.95. The second kappa shape index (κ2) is 7.42. The number of nitrogens with zero attached hydrogens (tertiary/aromatic N) is 1. The van der Waals surface area contributed by atoms with Gasteiger partial charge in [0.15, 0.2) is 0 Å². The maximum Gasteiger partial charge on any atom is 0.237 e. The van der Waals surface area contributed by atoms with Crippen molar-refractivity contribution in [1.29, 1.82) is 0 Å². The minimum Gasteiger partial charge on any atom is -0.358 e. The maximum absolute atomic E-state index is 13.6. The van der Waals surface area contributed by atoms with Gasteiger partial charge in [0.2, 0.25) is 5.91 Å². The molecule has 2 rings (SSSR count). The molecular formula is C14H16ClFN2OS2. The highest BCUT2D eigenvalue weighted by molar-refractivity contribution is 8.23. The van der Waals surface area contributed by atoms with Crippen molar-refractivity contribution in [3.63, 3.8) is 0 Å². The Morgan fingerprint density at radius 1 is 1.48 bits per heavy atom. The molecule has 1 fully saturated rings. The van der Waals surface area contributed by atoms with E-state index in [4.69, 9.17) is 23.8 Å². The third-order valence-corrected chi connectivity index (χ3v) is 5.01. The number of nitrogens with one attached hydrogen (secondary N) is 1. The minimum atomic E-state index is -0.546. The topological polar surface area (TPSA) is 32.3 Å². The van der Waals surface area contributed by atoms with Gasteiger partial charge >= 0.3 is 0 Å². The zero-order chi connectivity index (χ0) is 15.4. The quantitative estimate of drug-likeness (QED) is 0.841. The van der Waals surface area contributed by atoms with Crippen molar-refractivity contribution < 1.29 is 9.18 Å². The Morgan fingerprint density at radius 2 is 2.14 bits per heavy atom. The van der Waals surface area contributed by atoms with Gasteiger partial charge in [0.1, 0.15) is 10.1 Å². The summed E-state index contributed by atoms with van der Waals surface area (Å²) in [7, 11) is 0. The Kier molecular flexibility index (Phi) is 5.84. The Balaban J connectivity index is 1.91. The number of halogens is 2. The predicted molar refractivity (Wildman–Crippen MR) is 90.5 cm³/mol. The number of thioether (sulfide) groups is 1. The van der Waals surface area contributed by atoms with E-state index in [1.807, 2.05) is 0 Å². The summed E-state index contributed by atoms with van der Waals surface area (Å²) in [5.74, 6) is -0.821. The van der Waals surface area contributed by atoms with Crippen molar-refractivity contribution in [3.05, 3.63) is 29.0 Å². The third-order valence-electron chi connectivity index (χ3n) is 3.20. The van der Waals surface area contributed by atoms with Gasteiger partial charge in [-0.3, -0.25) is 4.79 Å². The van der Waals surface area contributed by atoms with Crippen LogP contribution in [0.4, 0.5) is 10.1 Å². The Labute approximate surface area is 138 Å². The molecule has 1 aromatic rings. The van der Waals surface area contributed by atoms with E-state index in [1.54, 1.807) is 6.92 Å². The van der Waals surface area contributed by atoms with Crippen LogP contribution < -0.4 is 5.32 Å². The van der Waals surface area contributed by atoms with E-state index in [9.17, 15) is 9.18 Å². The van der Waals surface area contributed by atoms with Crippen LogP contribution in [0.3, 0.4) is 0 Å².